The Bertz CT molecular complexity index is 1530. The number of likely N-dealkylation sites (tertiary alicyclic amines) is 1. The number of imidazole rings is 1. The van der Waals surface area contributed by atoms with Crippen LogP contribution >= 0.6 is 22.7 Å². The topological polar surface area (TPSA) is 79.6 Å². The summed E-state index contributed by atoms with van der Waals surface area (Å²) in [5.74, 6) is 0.785. The number of benzene rings is 1. The Kier molecular flexibility index (Phi) is 5.53. The van der Waals surface area contributed by atoms with Gasteiger partial charge in [-0.2, -0.15) is 0 Å². The fourth-order valence-electron chi connectivity index (χ4n) is 5.56. The second-order valence-corrected chi connectivity index (χ2v) is 12.5. The summed E-state index contributed by atoms with van der Waals surface area (Å²) in [6.07, 6.45) is 1.12. The van der Waals surface area contributed by atoms with Gasteiger partial charge in [0.1, 0.15) is 11.4 Å². The first-order valence-electron chi connectivity index (χ1n) is 12.3. The second kappa shape index (κ2) is 8.52. The van der Waals surface area contributed by atoms with E-state index in [2.05, 4.69) is 34.3 Å². The van der Waals surface area contributed by atoms with Crippen molar-refractivity contribution in [3.63, 3.8) is 0 Å². The first-order valence-corrected chi connectivity index (χ1v) is 13.9. The number of carbonyl (C=O) groups is 2. The number of aromatic nitrogens is 3. The Balaban J connectivity index is 1.24. The van der Waals surface area contributed by atoms with Gasteiger partial charge in [-0.05, 0) is 58.4 Å². The normalized spacial score (nSPS) is 20.7. The van der Waals surface area contributed by atoms with Gasteiger partial charge in [0.05, 0.1) is 21.6 Å². The van der Waals surface area contributed by atoms with Crippen LogP contribution in [0.1, 0.15) is 54.2 Å². The van der Waals surface area contributed by atoms with E-state index < -0.39 is 0 Å². The summed E-state index contributed by atoms with van der Waals surface area (Å²) in [4.78, 5) is 41.3. The second-order valence-electron chi connectivity index (χ2n) is 10.1. The quantitative estimate of drug-likeness (QED) is 0.405. The lowest BCUT2D eigenvalue weighted by molar-refractivity contribution is 0.0690. The molecular formula is C27H29N5O2S2. The lowest BCUT2D eigenvalue weighted by Crippen LogP contribution is -2.46. The van der Waals surface area contributed by atoms with Gasteiger partial charge in [-0.25, -0.2) is 9.97 Å². The number of hydrogen-bond acceptors (Lipinski definition) is 6. The van der Waals surface area contributed by atoms with Crippen molar-refractivity contribution in [2.24, 2.45) is 11.8 Å². The minimum Gasteiger partial charge on any atom is -0.349 e. The van der Waals surface area contributed by atoms with Crippen molar-refractivity contribution >= 4 is 39.4 Å². The van der Waals surface area contributed by atoms with Gasteiger partial charge in [0.25, 0.3) is 11.8 Å². The van der Waals surface area contributed by atoms with E-state index in [0.29, 0.717) is 29.8 Å². The third kappa shape index (κ3) is 3.76. The summed E-state index contributed by atoms with van der Waals surface area (Å²) in [5.41, 5.74) is 5.07. The molecule has 0 radical (unpaired) electrons. The highest BCUT2D eigenvalue weighted by molar-refractivity contribution is 7.17. The van der Waals surface area contributed by atoms with Crippen LogP contribution in [0.3, 0.4) is 0 Å². The van der Waals surface area contributed by atoms with Crippen LogP contribution in [0.5, 0.6) is 0 Å². The van der Waals surface area contributed by atoms with Gasteiger partial charge < -0.3 is 10.2 Å². The van der Waals surface area contributed by atoms with E-state index in [1.165, 1.54) is 0 Å². The van der Waals surface area contributed by atoms with Crippen molar-refractivity contribution in [1.29, 1.82) is 0 Å². The molecule has 0 bridgehead atoms. The Morgan fingerprint density at radius 3 is 2.69 bits per heavy atom. The van der Waals surface area contributed by atoms with Crippen LogP contribution in [0.15, 0.2) is 24.3 Å². The van der Waals surface area contributed by atoms with Gasteiger partial charge in [-0.1, -0.05) is 29.8 Å². The van der Waals surface area contributed by atoms with Gasteiger partial charge in [0.15, 0.2) is 4.96 Å². The molecule has 36 heavy (non-hydrogen) atoms. The van der Waals surface area contributed by atoms with Crippen LogP contribution in [0.4, 0.5) is 0 Å². The molecule has 1 aliphatic carbocycles. The monoisotopic (exact) mass is 519 g/mol. The highest BCUT2D eigenvalue weighted by Gasteiger charge is 2.54. The summed E-state index contributed by atoms with van der Waals surface area (Å²) in [7, 11) is 0. The summed E-state index contributed by atoms with van der Waals surface area (Å²) < 4.78 is 1.95. The van der Waals surface area contributed by atoms with Crippen LogP contribution in [0.25, 0.3) is 15.4 Å². The molecule has 1 aliphatic heterocycles. The minimum atomic E-state index is -0.137. The molecule has 9 heteroatoms. The van der Waals surface area contributed by atoms with Gasteiger partial charge in [0, 0.05) is 23.7 Å². The predicted octanol–water partition coefficient (Wildman–Crippen LogP) is 4.95. The van der Waals surface area contributed by atoms with Crippen LogP contribution in [0.2, 0.25) is 0 Å². The molecule has 4 aromatic rings. The Hall–Kier alpha value is -3.04. The Labute approximate surface area is 218 Å². The number of thiazole rings is 2. The number of nitrogens with one attached hydrogen (secondary N) is 1. The van der Waals surface area contributed by atoms with E-state index >= 15 is 0 Å². The Morgan fingerprint density at radius 2 is 1.92 bits per heavy atom. The standard InChI is InChI=1S/C27H29N5O2S2/c1-13-7-6-8-18(9-13)24-22(30-17(5)36-24)26(34)31-12-19-10-20(19)21(31)11-28-25(33)23-14(2)29-27-32(23)15(3)16(4)35-27/h6-9,19-21H,10-12H2,1-5H3,(H,28,33)/t19-,20-,21+/m0/s1. The molecule has 3 atom stereocenters. The van der Waals surface area contributed by atoms with Crippen molar-refractivity contribution in [3.8, 4) is 10.4 Å². The first-order chi connectivity index (χ1) is 17.2. The molecule has 4 heterocycles. The molecule has 2 amide bonds. The molecular weight excluding hydrogens is 490 g/mol. The molecule has 0 unspecified atom stereocenters. The maximum Gasteiger partial charge on any atom is 0.274 e. The van der Waals surface area contributed by atoms with Crippen molar-refractivity contribution in [1.82, 2.24) is 24.6 Å². The molecule has 3 aromatic heterocycles. The minimum absolute atomic E-state index is 0.0205. The number of carbonyl (C=O) groups excluding carboxylic acids is 2. The summed E-state index contributed by atoms with van der Waals surface area (Å²) in [6.45, 7) is 11.1. The number of rotatable bonds is 5. The number of amides is 2. The van der Waals surface area contributed by atoms with Crippen LogP contribution in [-0.2, 0) is 0 Å². The molecule has 2 aliphatic rings. The van der Waals surface area contributed by atoms with E-state index in [0.717, 1.165) is 55.2 Å². The highest BCUT2D eigenvalue weighted by atomic mass is 32.1. The molecule has 6 rings (SSSR count). The molecule has 1 saturated carbocycles. The molecule has 0 spiro atoms. The van der Waals surface area contributed by atoms with E-state index in [1.807, 2.05) is 49.1 Å². The van der Waals surface area contributed by atoms with Crippen LogP contribution < -0.4 is 5.32 Å². The largest absolute Gasteiger partial charge is 0.349 e. The highest BCUT2D eigenvalue weighted by Crippen LogP contribution is 2.50. The first kappa shape index (κ1) is 23.4. The molecule has 1 saturated heterocycles. The van der Waals surface area contributed by atoms with Crippen LogP contribution in [0, 0.1) is 46.5 Å². The number of nitrogens with zero attached hydrogens (tertiary/aromatic N) is 4. The fraction of sp³-hybridized carbons (Fsp3) is 0.407. The molecule has 7 nitrogen and oxygen atoms in total. The van der Waals surface area contributed by atoms with Crippen molar-refractivity contribution in [2.45, 2.75) is 47.1 Å². The lowest BCUT2D eigenvalue weighted by Gasteiger charge is -2.27. The molecule has 186 valence electrons. The SMILES string of the molecule is Cc1cccc(-c2sc(C)nc2C(=O)N2C[C@@H]3C[C@@H]3[C@H]2CNC(=O)c2c(C)nc3sc(C)c(C)n23)c1. The van der Waals surface area contributed by atoms with Crippen LogP contribution in [-0.4, -0.2) is 50.2 Å². The van der Waals surface area contributed by atoms with Crippen molar-refractivity contribution in [2.75, 3.05) is 13.1 Å². The number of hydrogen-bond donors (Lipinski definition) is 1. The van der Waals surface area contributed by atoms with Gasteiger partial charge in [-0.3, -0.25) is 14.0 Å². The van der Waals surface area contributed by atoms with E-state index in [-0.39, 0.29) is 17.9 Å². The Morgan fingerprint density at radius 1 is 1.11 bits per heavy atom. The number of fused-ring (bicyclic) bond motifs is 2. The number of aryl methyl sites for hydroxylation is 5. The third-order valence-corrected chi connectivity index (χ3v) is 9.66. The zero-order valence-electron chi connectivity index (χ0n) is 21.1. The summed E-state index contributed by atoms with van der Waals surface area (Å²) in [5, 5.41) is 4.02. The molecule has 2 fully saturated rings. The van der Waals surface area contributed by atoms with E-state index in [9.17, 15) is 9.59 Å². The molecule has 1 aromatic carbocycles. The van der Waals surface area contributed by atoms with E-state index in [1.54, 1.807) is 22.7 Å². The average Bonchev–Trinajstić information content (AvgIpc) is 3.07. The predicted molar refractivity (Wildman–Crippen MR) is 143 cm³/mol. The summed E-state index contributed by atoms with van der Waals surface area (Å²) >= 11 is 3.16. The van der Waals surface area contributed by atoms with E-state index in [4.69, 9.17) is 0 Å². The maximum atomic E-state index is 13.8. The smallest absolute Gasteiger partial charge is 0.274 e. The van der Waals surface area contributed by atoms with Gasteiger partial charge in [0.2, 0.25) is 0 Å². The van der Waals surface area contributed by atoms with Gasteiger partial charge in [-0.15, -0.1) is 22.7 Å². The third-order valence-electron chi connectivity index (χ3n) is 7.58. The molecule has 1 N–H and O–H groups in total. The zero-order valence-corrected chi connectivity index (χ0v) is 22.7. The maximum absolute atomic E-state index is 13.8. The fourth-order valence-corrected chi connectivity index (χ4v) is 7.48. The van der Waals surface area contributed by atoms with Gasteiger partial charge >= 0.3 is 0 Å². The lowest BCUT2D eigenvalue weighted by atomic mass is 10.1. The van der Waals surface area contributed by atoms with Crippen molar-refractivity contribution in [3.05, 3.63) is 62.5 Å². The average molecular weight is 520 g/mol. The van der Waals surface area contributed by atoms with Crippen molar-refractivity contribution < 1.29 is 9.59 Å². The summed E-state index contributed by atoms with van der Waals surface area (Å²) in [6, 6.07) is 8.20. The zero-order chi connectivity index (χ0) is 25.3. The number of piperidine rings is 1.